The van der Waals surface area contributed by atoms with Crippen molar-refractivity contribution in [1.82, 2.24) is 0 Å². The Bertz CT molecular complexity index is 95.6. The Balaban J connectivity index is 2.42. The van der Waals surface area contributed by atoms with Gasteiger partial charge >= 0.3 is 0 Å². The summed E-state index contributed by atoms with van der Waals surface area (Å²) in [5.41, 5.74) is 5.15. The van der Waals surface area contributed by atoms with Crippen LogP contribution in [-0.2, 0) is 4.74 Å². The Labute approximate surface area is 46.5 Å². The zero-order valence-corrected chi connectivity index (χ0v) is 4.18. The standard InChI is InChI=1S/C5H11NO/c6-4-5-2-1-3-7-5/h5H,1-4,6H2/t5-/m0/s1/i4D2. The van der Waals surface area contributed by atoms with E-state index in [4.69, 9.17) is 13.2 Å². The van der Waals surface area contributed by atoms with E-state index in [9.17, 15) is 0 Å². The quantitative estimate of drug-likeness (QED) is 0.511. The van der Waals surface area contributed by atoms with Gasteiger partial charge in [0.25, 0.3) is 0 Å². The largest absolute Gasteiger partial charge is 0.377 e. The lowest BCUT2D eigenvalue weighted by molar-refractivity contribution is 0.117. The lowest BCUT2D eigenvalue weighted by Crippen LogP contribution is -2.17. The summed E-state index contributed by atoms with van der Waals surface area (Å²) >= 11 is 0. The molecule has 0 amide bonds. The fraction of sp³-hybridized carbons (Fsp3) is 1.00. The minimum atomic E-state index is -1.64. The molecule has 0 unspecified atom stereocenters. The molecule has 0 spiro atoms. The molecule has 1 aliphatic heterocycles. The van der Waals surface area contributed by atoms with Crippen molar-refractivity contribution >= 4 is 0 Å². The molecule has 2 N–H and O–H groups in total. The van der Waals surface area contributed by atoms with E-state index >= 15 is 0 Å². The number of hydrogen-bond donors (Lipinski definition) is 1. The molecule has 2 heteroatoms. The molecule has 1 fully saturated rings. The van der Waals surface area contributed by atoms with Crippen molar-refractivity contribution in [3.63, 3.8) is 0 Å². The van der Waals surface area contributed by atoms with Crippen LogP contribution >= 0.6 is 0 Å². The van der Waals surface area contributed by atoms with Crippen molar-refractivity contribution in [1.29, 1.82) is 0 Å². The Hall–Kier alpha value is -0.0800. The molecule has 7 heavy (non-hydrogen) atoms. The maximum atomic E-state index is 7.05. The third-order valence-electron chi connectivity index (χ3n) is 1.12. The molecule has 0 aliphatic carbocycles. The summed E-state index contributed by atoms with van der Waals surface area (Å²) in [5.74, 6) is 0. The molecular weight excluding hydrogens is 90.1 g/mol. The van der Waals surface area contributed by atoms with Gasteiger partial charge < -0.3 is 10.5 Å². The summed E-state index contributed by atoms with van der Waals surface area (Å²) in [6.07, 6.45) is 1.31. The average molecular weight is 103 g/mol. The third-order valence-corrected chi connectivity index (χ3v) is 1.12. The van der Waals surface area contributed by atoms with Gasteiger partial charge in [-0.2, -0.15) is 0 Å². The lowest BCUT2D eigenvalue weighted by Gasteiger charge is -2.01. The molecule has 42 valence electrons. The number of rotatable bonds is 1. The van der Waals surface area contributed by atoms with Crippen LogP contribution in [0.25, 0.3) is 0 Å². The fourth-order valence-electron chi connectivity index (χ4n) is 0.709. The molecule has 2 nitrogen and oxygen atoms in total. The van der Waals surface area contributed by atoms with Crippen molar-refractivity contribution < 1.29 is 7.48 Å². The minimum absolute atomic E-state index is 0.377. The highest BCUT2D eigenvalue weighted by Gasteiger charge is 2.11. The molecule has 1 atom stereocenters. The van der Waals surface area contributed by atoms with Crippen molar-refractivity contribution in [3.8, 4) is 0 Å². The molecule has 1 rings (SSSR count). The van der Waals surface area contributed by atoms with Gasteiger partial charge in [-0.3, -0.25) is 0 Å². The number of ether oxygens (including phenoxy) is 1. The van der Waals surface area contributed by atoms with Crippen LogP contribution in [0.5, 0.6) is 0 Å². The first-order chi connectivity index (χ1) is 4.11. The summed E-state index contributed by atoms with van der Waals surface area (Å²) < 4.78 is 19.1. The topological polar surface area (TPSA) is 35.2 Å². The highest BCUT2D eigenvalue weighted by Crippen LogP contribution is 2.09. The summed E-state index contributed by atoms with van der Waals surface area (Å²) in [6.45, 7) is -0.988. The van der Waals surface area contributed by atoms with Gasteiger partial charge in [-0.25, -0.2) is 0 Å². The zero-order valence-electron chi connectivity index (χ0n) is 6.18. The van der Waals surface area contributed by atoms with E-state index in [0.717, 1.165) is 12.8 Å². The van der Waals surface area contributed by atoms with E-state index in [0.29, 0.717) is 6.61 Å². The predicted octanol–water partition coefficient (Wildman–Crippen LogP) is 0.124. The van der Waals surface area contributed by atoms with E-state index in [-0.39, 0.29) is 6.10 Å². The van der Waals surface area contributed by atoms with Gasteiger partial charge in [0.2, 0.25) is 0 Å². The van der Waals surface area contributed by atoms with Crippen LogP contribution in [0.2, 0.25) is 0 Å². The highest BCUT2D eigenvalue weighted by atomic mass is 16.5. The van der Waals surface area contributed by atoms with Crippen LogP contribution < -0.4 is 5.73 Å². The first-order valence-corrected chi connectivity index (χ1v) is 2.51. The molecule has 0 saturated carbocycles. The van der Waals surface area contributed by atoms with E-state index in [1.165, 1.54) is 0 Å². The second-order valence-corrected chi connectivity index (χ2v) is 1.67. The van der Waals surface area contributed by atoms with Gasteiger partial charge in [-0.05, 0) is 12.8 Å². The molecule has 0 aromatic rings. The molecule has 1 aliphatic rings. The molecule has 0 aromatic heterocycles. The van der Waals surface area contributed by atoms with Gasteiger partial charge in [-0.15, -0.1) is 0 Å². The first kappa shape index (κ1) is 3.05. The molecule has 1 saturated heterocycles. The number of hydrogen-bond acceptors (Lipinski definition) is 2. The summed E-state index contributed by atoms with van der Waals surface area (Å²) in [4.78, 5) is 0. The van der Waals surface area contributed by atoms with Gasteiger partial charge in [-0.1, -0.05) is 0 Å². The van der Waals surface area contributed by atoms with Gasteiger partial charge in [0, 0.05) is 15.8 Å². The van der Waals surface area contributed by atoms with Crippen LogP contribution in [-0.4, -0.2) is 19.2 Å². The lowest BCUT2D eigenvalue weighted by atomic mass is 10.2. The molecule has 0 aromatic carbocycles. The minimum Gasteiger partial charge on any atom is -0.377 e. The van der Waals surface area contributed by atoms with Crippen molar-refractivity contribution in [2.75, 3.05) is 13.1 Å². The van der Waals surface area contributed by atoms with Crippen LogP contribution in [0.1, 0.15) is 15.6 Å². The second kappa shape index (κ2) is 2.28. The Morgan fingerprint density at radius 1 is 2.00 bits per heavy atom. The van der Waals surface area contributed by atoms with Crippen LogP contribution in [0.15, 0.2) is 0 Å². The maximum absolute atomic E-state index is 7.05. The van der Waals surface area contributed by atoms with Gasteiger partial charge in [0.15, 0.2) is 0 Å². The van der Waals surface area contributed by atoms with Gasteiger partial charge in [0.05, 0.1) is 6.10 Å². The van der Waals surface area contributed by atoms with E-state index in [1.807, 2.05) is 0 Å². The molecular formula is C5H11NO. The van der Waals surface area contributed by atoms with Crippen molar-refractivity contribution in [2.45, 2.75) is 18.9 Å². The molecule has 0 bridgehead atoms. The van der Waals surface area contributed by atoms with Gasteiger partial charge in [0.1, 0.15) is 0 Å². The zero-order chi connectivity index (χ0) is 6.91. The van der Waals surface area contributed by atoms with Crippen molar-refractivity contribution in [3.05, 3.63) is 0 Å². The number of nitrogens with two attached hydrogens (primary N) is 1. The SMILES string of the molecule is [2H]C([2H])(N)[C@@H]1CCCO1. The maximum Gasteiger partial charge on any atom is 0.0698 e. The average Bonchev–Trinajstić information content (AvgIpc) is 2.08. The summed E-state index contributed by atoms with van der Waals surface area (Å²) in [7, 11) is 0. The summed E-state index contributed by atoms with van der Waals surface area (Å²) in [5, 5.41) is 0. The monoisotopic (exact) mass is 103 g/mol. The third kappa shape index (κ3) is 1.14. The smallest absolute Gasteiger partial charge is 0.0698 e. The van der Waals surface area contributed by atoms with Crippen LogP contribution in [0.3, 0.4) is 0 Å². The normalized spacial score (nSPS) is 37.6. The second-order valence-electron chi connectivity index (χ2n) is 1.67. The Kier molecular flexibility index (Phi) is 0.995. The molecule has 0 radical (unpaired) electrons. The van der Waals surface area contributed by atoms with E-state index in [1.54, 1.807) is 0 Å². The Morgan fingerprint density at radius 2 is 2.86 bits per heavy atom. The van der Waals surface area contributed by atoms with Crippen LogP contribution in [0.4, 0.5) is 0 Å². The fourth-order valence-corrected chi connectivity index (χ4v) is 0.709. The van der Waals surface area contributed by atoms with Crippen LogP contribution in [0, 0.1) is 0 Å². The first-order valence-electron chi connectivity index (χ1n) is 3.51. The van der Waals surface area contributed by atoms with E-state index < -0.39 is 6.50 Å². The molecule has 1 heterocycles. The predicted molar refractivity (Wildman–Crippen MR) is 28.0 cm³/mol. The van der Waals surface area contributed by atoms with Crippen molar-refractivity contribution in [2.24, 2.45) is 5.73 Å². The highest BCUT2D eigenvalue weighted by molar-refractivity contribution is 4.63. The van der Waals surface area contributed by atoms with E-state index in [2.05, 4.69) is 0 Å². The summed E-state index contributed by atoms with van der Waals surface area (Å²) in [6, 6.07) is 0. The Morgan fingerprint density at radius 3 is 3.14 bits per heavy atom.